The standard InChI is InChI=1S/C18H26N4OS/c1-11(2)22-9-5-8-18(3,10-22)13-7-6-12-14(19)15(16(23)20-4)24-17(12)21-13/h6-7,11H,5,8-10,19H2,1-4H3,(H,20,23). The first-order chi connectivity index (χ1) is 11.4. The number of nitrogens with zero attached hydrogens (tertiary/aromatic N) is 2. The summed E-state index contributed by atoms with van der Waals surface area (Å²) in [6.07, 6.45) is 2.32. The Balaban J connectivity index is 2.00. The highest BCUT2D eigenvalue weighted by molar-refractivity contribution is 7.21. The predicted octanol–water partition coefficient (Wildman–Crippen LogP) is 3.00. The molecule has 2 aromatic heterocycles. The molecule has 3 rings (SSSR count). The lowest BCUT2D eigenvalue weighted by Crippen LogP contribution is -2.47. The Labute approximate surface area is 147 Å². The molecule has 0 aliphatic carbocycles. The minimum absolute atomic E-state index is 0.0443. The number of rotatable bonds is 3. The molecule has 1 aliphatic rings. The molecule has 130 valence electrons. The molecule has 24 heavy (non-hydrogen) atoms. The lowest BCUT2D eigenvalue weighted by molar-refractivity contribution is 0.0968. The molecule has 1 aliphatic heterocycles. The Morgan fingerprint density at radius 2 is 2.21 bits per heavy atom. The normalized spacial score (nSPS) is 22.2. The molecule has 5 nitrogen and oxygen atoms in total. The SMILES string of the molecule is CNC(=O)c1sc2nc(C3(C)CCCN(C(C)C)C3)ccc2c1N. The van der Waals surface area contributed by atoms with Crippen molar-refractivity contribution in [1.82, 2.24) is 15.2 Å². The minimum atomic E-state index is -0.146. The fraction of sp³-hybridized carbons (Fsp3) is 0.556. The second kappa shape index (κ2) is 6.33. The van der Waals surface area contributed by atoms with Gasteiger partial charge in [0.15, 0.2) is 0 Å². The Kier molecular flexibility index (Phi) is 4.53. The van der Waals surface area contributed by atoms with Crippen molar-refractivity contribution in [1.29, 1.82) is 0 Å². The molecule has 0 bridgehead atoms. The summed E-state index contributed by atoms with van der Waals surface area (Å²) in [6, 6.07) is 4.66. The number of aromatic nitrogens is 1. The van der Waals surface area contributed by atoms with E-state index in [0.717, 1.165) is 35.4 Å². The van der Waals surface area contributed by atoms with Crippen LogP contribution in [-0.2, 0) is 5.41 Å². The minimum Gasteiger partial charge on any atom is -0.397 e. The molecule has 1 saturated heterocycles. The molecule has 6 heteroatoms. The summed E-state index contributed by atoms with van der Waals surface area (Å²) in [5, 5.41) is 3.52. The Morgan fingerprint density at radius 3 is 2.88 bits per heavy atom. The molecule has 1 fully saturated rings. The van der Waals surface area contributed by atoms with Gasteiger partial charge in [0.25, 0.3) is 5.91 Å². The van der Waals surface area contributed by atoms with Crippen molar-refractivity contribution in [3.63, 3.8) is 0 Å². The number of thiophene rings is 1. The molecule has 1 amide bonds. The number of piperidine rings is 1. The van der Waals surface area contributed by atoms with Gasteiger partial charge in [-0.2, -0.15) is 0 Å². The predicted molar refractivity (Wildman–Crippen MR) is 101 cm³/mol. The molecule has 1 atom stereocenters. The van der Waals surface area contributed by atoms with E-state index in [9.17, 15) is 4.79 Å². The largest absolute Gasteiger partial charge is 0.397 e. The number of carbonyl (C=O) groups excluding carboxylic acids is 1. The van der Waals surface area contributed by atoms with Crippen LogP contribution in [-0.4, -0.2) is 42.0 Å². The summed E-state index contributed by atoms with van der Waals surface area (Å²) in [6.45, 7) is 8.97. The van der Waals surface area contributed by atoms with Crippen molar-refractivity contribution >= 4 is 33.1 Å². The molecule has 0 radical (unpaired) electrons. The molecule has 0 saturated carbocycles. The monoisotopic (exact) mass is 346 g/mol. The van der Waals surface area contributed by atoms with Crippen LogP contribution in [0.4, 0.5) is 5.69 Å². The topological polar surface area (TPSA) is 71.2 Å². The Bertz CT molecular complexity index is 770. The first kappa shape index (κ1) is 17.2. The Morgan fingerprint density at radius 1 is 1.46 bits per heavy atom. The summed E-state index contributed by atoms with van der Waals surface area (Å²) >= 11 is 1.38. The van der Waals surface area contributed by atoms with E-state index in [2.05, 4.69) is 37.1 Å². The average molecular weight is 347 g/mol. The van der Waals surface area contributed by atoms with Crippen molar-refractivity contribution in [2.24, 2.45) is 0 Å². The van der Waals surface area contributed by atoms with Crippen molar-refractivity contribution in [3.8, 4) is 0 Å². The smallest absolute Gasteiger partial charge is 0.263 e. The zero-order chi connectivity index (χ0) is 17.5. The number of likely N-dealkylation sites (tertiary alicyclic amines) is 1. The maximum absolute atomic E-state index is 12.0. The van der Waals surface area contributed by atoms with E-state index in [1.165, 1.54) is 17.8 Å². The van der Waals surface area contributed by atoms with Gasteiger partial charge in [0.05, 0.1) is 5.69 Å². The number of carbonyl (C=O) groups is 1. The van der Waals surface area contributed by atoms with E-state index in [1.54, 1.807) is 7.05 Å². The van der Waals surface area contributed by atoms with E-state index in [-0.39, 0.29) is 11.3 Å². The molecule has 3 heterocycles. The van der Waals surface area contributed by atoms with Crippen molar-refractivity contribution < 1.29 is 4.79 Å². The van der Waals surface area contributed by atoms with Crippen LogP contribution in [0.3, 0.4) is 0 Å². The molecular formula is C18H26N4OS. The van der Waals surface area contributed by atoms with Gasteiger partial charge in [-0.1, -0.05) is 6.92 Å². The third kappa shape index (κ3) is 2.89. The van der Waals surface area contributed by atoms with Crippen LogP contribution < -0.4 is 11.1 Å². The maximum atomic E-state index is 12.0. The van der Waals surface area contributed by atoms with E-state index in [1.807, 2.05) is 6.07 Å². The first-order valence-electron chi connectivity index (χ1n) is 8.51. The van der Waals surface area contributed by atoms with Gasteiger partial charge in [0.1, 0.15) is 9.71 Å². The maximum Gasteiger partial charge on any atom is 0.263 e. The van der Waals surface area contributed by atoms with Crippen LogP contribution in [0.1, 0.15) is 49.0 Å². The summed E-state index contributed by atoms with van der Waals surface area (Å²) < 4.78 is 0. The number of nitrogens with two attached hydrogens (primary N) is 1. The number of fused-ring (bicyclic) bond motifs is 1. The van der Waals surface area contributed by atoms with Crippen molar-refractivity contribution in [2.75, 3.05) is 25.9 Å². The molecule has 3 N–H and O–H groups in total. The van der Waals surface area contributed by atoms with Gasteiger partial charge < -0.3 is 16.0 Å². The van der Waals surface area contributed by atoms with Crippen molar-refractivity contribution in [3.05, 3.63) is 22.7 Å². The quantitative estimate of drug-likeness (QED) is 0.896. The van der Waals surface area contributed by atoms with Crippen molar-refractivity contribution in [2.45, 2.75) is 45.1 Å². The number of hydrogen-bond acceptors (Lipinski definition) is 5. The molecule has 2 aromatic rings. The number of anilines is 1. The third-order valence-corrected chi connectivity index (χ3v) is 6.22. The molecule has 0 spiro atoms. The second-order valence-corrected chi connectivity index (χ2v) is 8.20. The third-order valence-electron chi connectivity index (χ3n) is 5.10. The highest BCUT2D eigenvalue weighted by atomic mass is 32.1. The lowest BCUT2D eigenvalue weighted by Gasteiger charge is -2.42. The molecule has 1 unspecified atom stereocenters. The van der Waals surface area contributed by atoms with Crippen LogP contribution in [0, 0.1) is 0 Å². The van der Waals surface area contributed by atoms with Crippen LogP contribution >= 0.6 is 11.3 Å². The average Bonchev–Trinajstić information content (AvgIpc) is 2.90. The van der Waals surface area contributed by atoms with Gasteiger partial charge in [-0.15, -0.1) is 11.3 Å². The van der Waals surface area contributed by atoms with Gasteiger partial charge in [0.2, 0.25) is 0 Å². The number of nitrogens with one attached hydrogen (secondary N) is 1. The zero-order valence-corrected chi connectivity index (χ0v) is 15.7. The number of hydrogen-bond donors (Lipinski definition) is 2. The zero-order valence-electron chi connectivity index (χ0n) is 14.8. The van der Waals surface area contributed by atoms with E-state index in [4.69, 9.17) is 10.7 Å². The van der Waals surface area contributed by atoms with Gasteiger partial charge in [-0.25, -0.2) is 4.98 Å². The van der Waals surface area contributed by atoms with Gasteiger partial charge in [-0.05, 0) is 45.4 Å². The van der Waals surface area contributed by atoms with Crippen LogP contribution in [0.2, 0.25) is 0 Å². The number of nitrogen functional groups attached to an aromatic ring is 1. The van der Waals surface area contributed by atoms with Gasteiger partial charge in [0, 0.05) is 36.1 Å². The second-order valence-electron chi connectivity index (χ2n) is 7.20. The number of pyridine rings is 1. The Hall–Kier alpha value is -1.66. The summed E-state index contributed by atoms with van der Waals surface area (Å²) in [5.74, 6) is -0.146. The molecular weight excluding hydrogens is 320 g/mol. The fourth-order valence-corrected chi connectivity index (χ4v) is 4.58. The molecule has 0 aromatic carbocycles. The highest BCUT2D eigenvalue weighted by Gasteiger charge is 2.35. The summed E-state index contributed by atoms with van der Waals surface area (Å²) in [5.41, 5.74) is 7.82. The van der Waals surface area contributed by atoms with Crippen LogP contribution in [0.5, 0.6) is 0 Å². The van der Waals surface area contributed by atoms with E-state index >= 15 is 0 Å². The van der Waals surface area contributed by atoms with Gasteiger partial charge in [-0.3, -0.25) is 4.79 Å². The van der Waals surface area contributed by atoms with Crippen LogP contribution in [0.15, 0.2) is 12.1 Å². The van der Waals surface area contributed by atoms with Gasteiger partial charge >= 0.3 is 0 Å². The van der Waals surface area contributed by atoms with E-state index in [0.29, 0.717) is 16.6 Å². The first-order valence-corrected chi connectivity index (χ1v) is 9.33. The van der Waals surface area contributed by atoms with Crippen LogP contribution in [0.25, 0.3) is 10.2 Å². The lowest BCUT2D eigenvalue weighted by atomic mass is 9.78. The summed E-state index contributed by atoms with van der Waals surface area (Å²) in [7, 11) is 1.62. The fourth-order valence-electron chi connectivity index (χ4n) is 3.54. The number of amides is 1. The summed E-state index contributed by atoms with van der Waals surface area (Å²) in [4.78, 5) is 20.8. The van der Waals surface area contributed by atoms with E-state index < -0.39 is 0 Å². The highest BCUT2D eigenvalue weighted by Crippen LogP contribution is 2.37.